The van der Waals surface area contributed by atoms with Crippen molar-refractivity contribution in [3.8, 4) is 0 Å². The first-order valence-electron chi connectivity index (χ1n) is 12.5. The third-order valence-electron chi connectivity index (χ3n) is 5.44. The van der Waals surface area contributed by atoms with Crippen LogP contribution in [-0.2, 0) is 14.3 Å². The summed E-state index contributed by atoms with van der Waals surface area (Å²) in [6, 6.07) is 0. The zero-order chi connectivity index (χ0) is 22.7. The van der Waals surface area contributed by atoms with Crippen molar-refractivity contribution in [2.45, 2.75) is 122 Å². The Morgan fingerprint density at radius 2 is 1.13 bits per heavy atom. The number of nitrogens with zero attached hydrogens (tertiary/aromatic N) is 1. The number of carboxylic acid groups (broad SMARTS) is 1. The number of hydrogen-bond donors (Lipinski definition) is 1. The third-order valence-corrected chi connectivity index (χ3v) is 5.44. The van der Waals surface area contributed by atoms with Gasteiger partial charge in [-0.05, 0) is 6.42 Å². The summed E-state index contributed by atoms with van der Waals surface area (Å²) in [5, 5.41) is 9.01. The Kier molecular flexibility index (Phi) is 18.0. The highest BCUT2D eigenvalue weighted by Gasteiger charge is 2.24. The molecule has 1 atom stereocenters. The molecule has 5 nitrogen and oxygen atoms in total. The summed E-state index contributed by atoms with van der Waals surface area (Å²) in [5.41, 5.74) is 0. The molecule has 0 aliphatic rings. The molecule has 0 aromatic heterocycles. The molecule has 0 aromatic carbocycles. The van der Waals surface area contributed by atoms with Crippen LogP contribution in [0.5, 0.6) is 0 Å². The lowest BCUT2D eigenvalue weighted by molar-refractivity contribution is -0.873. The molecular formula is C25H50NO4+. The van der Waals surface area contributed by atoms with E-state index in [-0.39, 0.29) is 12.4 Å². The standard InChI is InChI=1S/C25H49NO4/c1-5-6-7-8-9-10-11-12-13-14-15-16-17-18-19-20-25(29)30-23(21-24(27)28)22-26(2,3)4/h23H,5-22H2,1-4H3/p+1/t23-/m1/s1/i2+1,3+1,4+1. The number of hydrogen-bond acceptors (Lipinski definition) is 3. The zero-order valence-corrected chi connectivity index (χ0v) is 20.4. The molecule has 0 aliphatic heterocycles. The second-order valence-electron chi connectivity index (χ2n) is 9.88. The molecule has 1 N–H and O–H groups in total. The van der Waals surface area contributed by atoms with Crippen molar-refractivity contribution >= 4 is 11.9 Å². The van der Waals surface area contributed by atoms with E-state index < -0.39 is 12.1 Å². The Balaban J connectivity index is 3.56. The fourth-order valence-corrected chi connectivity index (χ4v) is 3.83. The lowest BCUT2D eigenvalue weighted by atomic mass is 10.0. The number of carbonyl (C=O) groups is 2. The zero-order valence-electron chi connectivity index (χ0n) is 20.4. The van der Waals surface area contributed by atoms with Gasteiger partial charge in [0.2, 0.25) is 0 Å². The molecule has 0 bridgehead atoms. The van der Waals surface area contributed by atoms with E-state index >= 15 is 0 Å². The molecule has 0 radical (unpaired) electrons. The maximum atomic E-state index is 12.0. The second kappa shape index (κ2) is 18.7. The molecule has 0 amide bonds. The summed E-state index contributed by atoms with van der Waals surface area (Å²) in [6.07, 6.45) is 19.1. The molecule has 0 rings (SSSR count). The van der Waals surface area contributed by atoms with E-state index in [9.17, 15) is 9.59 Å². The summed E-state index contributed by atoms with van der Waals surface area (Å²) in [5.74, 6) is -1.18. The van der Waals surface area contributed by atoms with Crippen LogP contribution in [0.4, 0.5) is 0 Å². The maximum absolute atomic E-state index is 12.0. The topological polar surface area (TPSA) is 63.6 Å². The van der Waals surface area contributed by atoms with Crippen LogP contribution in [0.2, 0.25) is 0 Å². The van der Waals surface area contributed by atoms with Gasteiger partial charge < -0.3 is 14.3 Å². The van der Waals surface area contributed by atoms with Crippen LogP contribution in [0.15, 0.2) is 0 Å². The lowest BCUT2D eigenvalue weighted by Crippen LogP contribution is -2.43. The maximum Gasteiger partial charge on any atom is 0.307 e. The van der Waals surface area contributed by atoms with Gasteiger partial charge in [0, 0.05) is 6.42 Å². The van der Waals surface area contributed by atoms with E-state index in [1.807, 2.05) is 21.1 Å². The number of likely N-dealkylation sites (N-methyl/N-ethyl adjacent to an activating group) is 1. The SMILES string of the molecule is CCCCCCCCCCCCCCCCCC(=O)O[C@H](CC(=O)O)C[N+]([13CH3])([13CH3])[13CH3]. The van der Waals surface area contributed by atoms with Gasteiger partial charge in [-0.1, -0.05) is 96.8 Å². The first-order valence-corrected chi connectivity index (χ1v) is 12.5. The van der Waals surface area contributed by atoms with Crippen LogP contribution in [0, 0.1) is 0 Å². The minimum absolute atomic E-state index is 0.125. The van der Waals surface area contributed by atoms with Crippen LogP contribution in [0.1, 0.15) is 116 Å². The number of aliphatic carboxylic acids is 1. The Morgan fingerprint density at radius 3 is 1.50 bits per heavy atom. The molecular weight excluding hydrogens is 381 g/mol. The van der Waals surface area contributed by atoms with E-state index in [1.165, 1.54) is 83.5 Å². The van der Waals surface area contributed by atoms with E-state index in [0.29, 0.717) is 17.4 Å². The van der Waals surface area contributed by atoms with Crippen LogP contribution >= 0.6 is 0 Å². The molecule has 178 valence electrons. The van der Waals surface area contributed by atoms with Gasteiger partial charge in [-0.3, -0.25) is 9.59 Å². The van der Waals surface area contributed by atoms with E-state index in [1.54, 1.807) is 0 Å². The van der Waals surface area contributed by atoms with Crippen molar-refractivity contribution in [2.75, 3.05) is 27.7 Å². The third kappa shape index (κ3) is 21.6. The van der Waals surface area contributed by atoms with Crippen molar-refractivity contribution < 1.29 is 23.9 Å². The average Bonchev–Trinajstić information content (AvgIpc) is 2.63. The highest BCUT2D eigenvalue weighted by atomic mass is 16.5. The van der Waals surface area contributed by atoms with Crippen molar-refractivity contribution in [3.63, 3.8) is 0 Å². The van der Waals surface area contributed by atoms with Crippen molar-refractivity contribution in [2.24, 2.45) is 0 Å². The monoisotopic (exact) mass is 431 g/mol. The van der Waals surface area contributed by atoms with Gasteiger partial charge in [0.25, 0.3) is 0 Å². The number of unbranched alkanes of at least 4 members (excludes halogenated alkanes) is 14. The highest BCUT2D eigenvalue weighted by molar-refractivity contribution is 5.71. The quantitative estimate of drug-likeness (QED) is 0.0996. The molecule has 30 heavy (non-hydrogen) atoms. The molecule has 5 heteroatoms. The van der Waals surface area contributed by atoms with Crippen molar-refractivity contribution in [1.29, 1.82) is 0 Å². The van der Waals surface area contributed by atoms with Gasteiger partial charge in [0.15, 0.2) is 6.10 Å². The predicted octanol–water partition coefficient (Wildman–Crippen LogP) is 6.34. The minimum Gasteiger partial charge on any atom is -0.481 e. The summed E-state index contributed by atoms with van der Waals surface area (Å²) in [6.45, 7) is 2.78. The molecule has 0 fully saturated rings. The first-order chi connectivity index (χ1) is 14.2. The summed E-state index contributed by atoms with van der Waals surface area (Å²) < 4.78 is 5.99. The normalized spacial score (nSPS) is 12.7. The number of rotatable bonds is 21. The van der Waals surface area contributed by atoms with E-state index in [2.05, 4.69) is 6.92 Å². The van der Waals surface area contributed by atoms with Gasteiger partial charge in [-0.25, -0.2) is 0 Å². The number of ether oxygens (including phenoxy) is 1. The first kappa shape index (κ1) is 28.9. The van der Waals surface area contributed by atoms with E-state index in [4.69, 9.17) is 9.84 Å². The van der Waals surface area contributed by atoms with Gasteiger partial charge >= 0.3 is 11.9 Å². The van der Waals surface area contributed by atoms with Gasteiger partial charge in [-0.15, -0.1) is 0 Å². The number of carbonyl (C=O) groups excluding carboxylic acids is 1. The molecule has 0 heterocycles. The number of quaternary nitrogens is 1. The molecule has 0 unspecified atom stereocenters. The smallest absolute Gasteiger partial charge is 0.307 e. The number of esters is 1. The largest absolute Gasteiger partial charge is 0.481 e. The molecule has 0 aromatic rings. The second-order valence-corrected chi connectivity index (χ2v) is 9.88. The molecule has 0 saturated carbocycles. The van der Waals surface area contributed by atoms with Gasteiger partial charge in [0.1, 0.15) is 6.54 Å². The fourth-order valence-electron chi connectivity index (χ4n) is 3.83. The van der Waals surface area contributed by atoms with Gasteiger partial charge in [0.05, 0.1) is 27.6 Å². The van der Waals surface area contributed by atoms with Crippen LogP contribution in [0.3, 0.4) is 0 Å². The highest BCUT2D eigenvalue weighted by Crippen LogP contribution is 2.14. The summed E-state index contributed by atoms with van der Waals surface area (Å²) in [7, 11) is 5.91. The number of carboxylic acids is 1. The summed E-state index contributed by atoms with van der Waals surface area (Å²) in [4.78, 5) is 23.0. The predicted molar refractivity (Wildman–Crippen MR) is 125 cm³/mol. The summed E-state index contributed by atoms with van der Waals surface area (Å²) >= 11 is 0. The molecule has 0 spiro atoms. The Bertz CT molecular complexity index is 431. The van der Waals surface area contributed by atoms with Crippen molar-refractivity contribution in [3.05, 3.63) is 0 Å². The Morgan fingerprint density at radius 1 is 0.733 bits per heavy atom. The van der Waals surface area contributed by atoms with Crippen LogP contribution in [-0.4, -0.2) is 55.3 Å². The molecule has 0 saturated heterocycles. The average molecular weight is 432 g/mol. The fraction of sp³-hybridized carbons (Fsp3) is 0.920. The van der Waals surface area contributed by atoms with Crippen LogP contribution in [0.25, 0.3) is 0 Å². The minimum atomic E-state index is -0.923. The Labute approximate surface area is 186 Å². The van der Waals surface area contributed by atoms with Crippen molar-refractivity contribution in [1.82, 2.24) is 0 Å². The van der Waals surface area contributed by atoms with Gasteiger partial charge in [-0.2, -0.15) is 0 Å². The Hall–Kier alpha value is -1.10. The lowest BCUT2D eigenvalue weighted by Gasteiger charge is -2.28. The molecule has 0 aliphatic carbocycles. The van der Waals surface area contributed by atoms with Crippen LogP contribution < -0.4 is 0 Å². The van der Waals surface area contributed by atoms with E-state index in [0.717, 1.165) is 12.8 Å².